The molecule has 0 bridgehead atoms. The molecule has 3 aromatic rings. The maximum absolute atomic E-state index is 14.9. The van der Waals surface area contributed by atoms with Crippen LogP contribution in [0.2, 0.25) is 0 Å². The predicted molar refractivity (Wildman–Crippen MR) is 92.6 cm³/mol. The van der Waals surface area contributed by atoms with Crippen molar-refractivity contribution in [2.75, 3.05) is 0 Å². The highest BCUT2D eigenvalue weighted by molar-refractivity contribution is 5.31. The minimum atomic E-state index is -3.95. The van der Waals surface area contributed by atoms with Crippen LogP contribution in [0, 0.1) is 11.6 Å². The number of rotatable bonds is 6. The molecule has 0 spiro atoms. The zero-order valence-corrected chi connectivity index (χ0v) is 14.7. The molecular weight excluding hydrogens is 376 g/mol. The molecule has 1 aromatic carbocycles. The summed E-state index contributed by atoms with van der Waals surface area (Å²) in [5.74, 6) is -5.92. The first-order valence-electron chi connectivity index (χ1n) is 8.26. The van der Waals surface area contributed by atoms with Gasteiger partial charge in [0.1, 0.15) is 29.7 Å². The van der Waals surface area contributed by atoms with Crippen molar-refractivity contribution in [3.8, 4) is 5.75 Å². The number of hydrogen-bond donors (Lipinski definition) is 1. The molecule has 1 atom stereocenters. The molecule has 2 heterocycles. The first-order valence-corrected chi connectivity index (χ1v) is 8.26. The zero-order valence-electron chi connectivity index (χ0n) is 14.7. The molecule has 3 rings (SSSR count). The second kappa shape index (κ2) is 7.55. The fraction of sp³-hybridized carbons (Fsp3) is 0.200. The Hall–Kier alpha value is -3.00. The van der Waals surface area contributed by atoms with Gasteiger partial charge in [-0.25, -0.2) is 8.78 Å². The van der Waals surface area contributed by atoms with E-state index in [1.807, 2.05) is 0 Å². The number of aromatic nitrogens is 2. The monoisotopic (exact) mass is 392 g/mol. The maximum Gasteiger partial charge on any atom is 0.321 e. The topological polar surface area (TPSA) is 55.2 Å². The minimum Gasteiger partial charge on any atom is -0.487 e. The fourth-order valence-corrected chi connectivity index (χ4v) is 2.60. The molecule has 0 saturated carbocycles. The second-order valence-electron chi connectivity index (χ2n) is 6.29. The molecule has 4 nitrogen and oxygen atoms in total. The van der Waals surface area contributed by atoms with Crippen molar-refractivity contribution >= 4 is 0 Å². The van der Waals surface area contributed by atoms with Gasteiger partial charge in [-0.2, -0.15) is 8.78 Å². The molecule has 146 valence electrons. The highest BCUT2D eigenvalue weighted by Crippen LogP contribution is 2.45. The van der Waals surface area contributed by atoms with Gasteiger partial charge in [0.2, 0.25) is 0 Å². The van der Waals surface area contributed by atoms with E-state index < -0.39 is 34.4 Å². The van der Waals surface area contributed by atoms with Gasteiger partial charge in [0, 0.05) is 24.0 Å². The third-order valence-corrected chi connectivity index (χ3v) is 4.28. The number of nitrogens with zero attached hydrogens (tertiary/aromatic N) is 2. The van der Waals surface area contributed by atoms with Crippen molar-refractivity contribution in [3.63, 3.8) is 0 Å². The lowest BCUT2D eigenvalue weighted by molar-refractivity contribution is -0.189. The van der Waals surface area contributed by atoms with Gasteiger partial charge in [0.15, 0.2) is 5.60 Å². The summed E-state index contributed by atoms with van der Waals surface area (Å²) in [7, 11) is 0. The Morgan fingerprint density at radius 1 is 1.04 bits per heavy atom. The summed E-state index contributed by atoms with van der Waals surface area (Å²) >= 11 is 0. The summed E-state index contributed by atoms with van der Waals surface area (Å²) in [6.45, 7) is 0.942. The van der Waals surface area contributed by atoms with E-state index in [4.69, 9.17) is 4.74 Å². The number of pyridine rings is 2. The largest absolute Gasteiger partial charge is 0.487 e. The Morgan fingerprint density at radius 3 is 2.36 bits per heavy atom. The van der Waals surface area contributed by atoms with Crippen LogP contribution < -0.4 is 4.74 Å². The van der Waals surface area contributed by atoms with E-state index in [9.17, 15) is 22.7 Å². The van der Waals surface area contributed by atoms with Crippen molar-refractivity contribution < 1.29 is 27.4 Å². The number of halogens is 4. The van der Waals surface area contributed by atoms with Crippen LogP contribution in [0.15, 0.2) is 61.1 Å². The van der Waals surface area contributed by atoms with Crippen LogP contribution in [0.3, 0.4) is 0 Å². The highest BCUT2D eigenvalue weighted by atomic mass is 19.3. The Kier molecular flexibility index (Phi) is 5.33. The zero-order chi connectivity index (χ0) is 20.4. The predicted octanol–water partition coefficient (Wildman–Crippen LogP) is 4.33. The fourth-order valence-electron chi connectivity index (χ4n) is 2.60. The third-order valence-electron chi connectivity index (χ3n) is 4.28. The van der Waals surface area contributed by atoms with Gasteiger partial charge in [0.05, 0.1) is 6.20 Å². The molecule has 2 aromatic heterocycles. The van der Waals surface area contributed by atoms with E-state index in [1.165, 1.54) is 6.07 Å². The maximum atomic E-state index is 14.9. The summed E-state index contributed by atoms with van der Waals surface area (Å²) in [6, 6.07) is 7.75. The van der Waals surface area contributed by atoms with Crippen LogP contribution in [0.5, 0.6) is 5.75 Å². The second-order valence-corrected chi connectivity index (χ2v) is 6.29. The van der Waals surface area contributed by atoms with Gasteiger partial charge in [-0.1, -0.05) is 6.07 Å². The Labute approximate surface area is 158 Å². The summed E-state index contributed by atoms with van der Waals surface area (Å²) < 4.78 is 62.2. The molecule has 28 heavy (non-hydrogen) atoms. The van der Waals surface area contributed by atoms with Gasteiger partial charge in [-0.3, -0.25) is 9.97 Å². The summed E-state index contributed by atoms with van der Waals surface area (Å²) in [4.78, 5) is 7.53. The molecule has 8 heteroatoms. The summed E-state index contributed by atoms with van der Waals surface area (Å²) in [5.41, 5.74) is -3.63. The van der Waals surface area contributed by atoms with Crippen LogP contribution in [0.4, 0.5) is 17.6 Å². The first kappa shape index (κ1) is 19.8. The number of alkyl halides is 2. The average molecular weight is 392 g/mol. The highest BCUT2D eigenvalue weighted by Gasteiger charge is 2.54. The van der Waals surface area contributed by atoms with Gasteiger partial charge >= 0.3 is 5.92 Å². The third kappa shape index (κ3) is 3.82. The lowest BCUT2D eigenvalue weighted by Gasteiger charge is -2.32. The minimum absolute atomic E-state index is 0.193. The van der Waals surface area contributed by atoms with Crippen LogP contribution in [0.25, 0.3) is 0 Å². The molecule has 0 amide bonds. The number of hydrogen-bond acceptors (Lipinski definition) is 4. The van der Waals surface area contributed by atoms with Crippen LogP contribution >= 0.6 is 0 Å². The van der Waals surface area contributed by atoms with Gasteiger partial charge in [0.25, 0.3) is 0 Å². The van der Waals surface area contributed by atoms with E-state index in [-0.39, 0.29) is 12.4 Å². The van der Waals surface area contributed by atoms with E-state index in [0.29, 0.717) is 6.07 Å². The molecule has 0 aliphatic carbocycles. The molecule has 0 aliphatic rings. The van der Waals surface area contributed by atoms with Crippen molar-refractivity contribution in [1.82, 2.24) is 9.97 Å². The van der Waals surface area contributed by atoms with Gasteiger partial charge in [-0.05, 0) is 42.8 Å². The number of benzene rings is 1. The van der Waals surface area contributed by atoms with E-state index in [0.717, 1.165) is 36.9 Å². The summed E-state index contributed by atoms with van der Waals surface area (Å²) in [5, 5.41) is 10.4. The van der Waals surface area contributed by atoms with Gasteiger partial charge < -0.3 is 9.84 Å². The first-order chi connectivity index (χ1) is 13.2. The van der Waals surface area contributed by atoms with Crippen LogP contribution in [-0.4, -0.2) is 15.1 Å². The van der Waals surface area contributed by atoms with Crippen molar-refractivity contribution in [3.05, 3.63) is 89.5 Å². The van der Waals surface area contributed by atoms with Crippen molar-refractivity contribution in [2.45, 2.75) is 25.1 Å². The standard InChI is InChI=1S/C20H16F4N2O2/c1-19(27,16-4-2-14(21)10-17(16)22)20(23,24)18-5-3-15(11-26-18)28-12-13-6-8-25-9-7-13/h2-11,27H,12H2,1H3. The lowest BCUT2D eigenvalue weighted by atomic mass is 9.86. The molecule has 0 radical (unpaired) electrons. The number of ether oxygens (including phenoxy) is 1. The van der Waals surface area contributed by atoms with Crippen molar-refractivity contribution in [2.24, 2.45) is 0 Å². The van der Waals surface area contributed by atoms with E-state index in [1.54, 1.807) is 24.5 Å². The van der Waals surface area contributed by atoms with E-state index in [2.05, 4.69) is 9.97 Å². The van der Waals surface area contributed by atoms with Crippen molar-refractivity contribution in [1.29, 1.82) is 0 Å². The van der Waals surface area contributed by atoms with E-state index >= 15 is 0 Å². The molecule has 0 fully saturated rings. The van der Waals surface area contributed by atoms with Crippen LogP contribution in [-0.2, 0) is 18.1 Å². The molecular formula is C20H16F4N2O2. The Balaban J connectivity index is 1.81. The smallest absolute Gasteiger partial charge is 0.321 e. The quantitative estimate of drug-likeness (QED) is 0.635. The normalized spacial score (nSPS) is 13.8. The Bertz CT molecular complexity index is 948. The molecule has 1 N–H and O–H groups in total. The average Bonchev–Trinajstić information content (AvgIpc) is 2.67. The number of aliphatic hydroxyl groups is 1. The molecule has 0 aliphatic heterocycles. The summed E-state index contributed by atoms with van der Waals surface area (Å²) in [6.07, 6.45) is 4.27. The Morgan fingerprint density at radius 2 is 1.75 bits per heavy atom. The van der Waals surface area contributed by atoms with Crippen LogP contribution in [0.1, 0.15) is 23.7 Å². The van der Waals surface area contributed by atoms with Gasteiger partial charge in [-0.15, -0.1) is 0 Å². The SMILES string of the molecule is CC(O)(c1ccc(F)cc1F)C(F)(F)c1ccc(OCc2ccncc2)cn1. The lowest BCUT2D eigenvalue weighted by Crippen LogP contribution is -2.42. The molecule has 1 unspecified atom stereocenters. The molecule has 0 saturated heterocycles.